The van der Waals surface area contributed by atoms with E-state index in [1.165, 1.54) is 18.3 Å². The maximum Gasteiger partial charge on any atom is 0.254 e. The second-order valence-electron chi connectivity index (χ2n) is 4.36. The smallest absolute Gasteiger partial charge is 0.254 e. The second-order valence-corrected chi connectivity index (χ2v) is 5.10. The third-order valence-electron chi connectivity index (χ3n) is 2.76. The van der Waals surface area contributed by atoms with Crippen molar-refractivity contribution in [2.24, 2.45) is 0 Å². The molecule has 20 heavy (non-hydrogen) atoms. The SMILES string of the molecule is CC(=O)Nc1cscc1C(=O)NC1CCC(=O)NC1=O. The average molecular weight is 295 g/mol. The van der Waals surface area contributed by atoms with E-state index in [1.54, 1.807) is 10.8 Å². The first-order valence-corrected chi connectivity index (χ1v) is 6.90. The maximum atomic E-state index is 12.1. The number of imide groups is 1. The summed E-state index contributed by atoms with van der Waals surface area (Å²) < 4.78 is 0. The molecular formula is C12H13N3O4S. The molecule has 0 bridgehead atoms. The van der Waals surface area contributed by atoms with Gasteiger partial charge in [0, 0.05) is 24.1 Å². The molecule has 0 aliphatic carbocycles. The highest BCUT2D eigenvalue weighted by Gasteiger charge is 2.28. The molecule has 1 aromatic heterocycles. The summed E-state index contributed by atoms with van der Waals surface area (Å²) in [5.74, 6) is -1.58. The van der Waals surface area contributed by atoms with Crippen molar-refractivity contribution >= 4 is 40.7 Å². The molecule has 0 saturated carbocycles. The number of carbonyl (C=O) groups excluding carboxylic acids is 4. The van der Waals surface area contributed by atoms with Crippen molar-refractivity contribution in [3.8, 4) is 0 Å². The fraction of sp³-hybridized carbons (Fsp3) is 0.333. The number of hydrogen-bond donors (Lipinski definition) is 3. The predicted molar refractivity (Wildman–Crippen MR) is 72.3 cm³/mol. The summed E-state index contributed by atoms with van der Waals surface area (Å²) >= 11 is 1.27. The molecule has 0 spiro atoms. The van der Waals surface area contributed by atoms with Crippen LogP contribution in [0.4, 0.5) is 5.69 Å². The highest BCUT2D eigenvalue weighted by atomic mass is 32.1. The van der Waals surface area contributed by atoms with Crippen LogP contribution in [0.3, 0.4) is 0 Å². The van der Waals surface area contributed by atoms with Crippen LogP contribution in [0.2, 0.25) is 0 Å². The zero-order valence-corrected chi connectivity index (χ0v) is 11.5. The first kappa shape index (κ1) is 14.2. The van der Waals surface area contributed by atoms with Crippen LogP contribution in [0.15, 0.2) is 10.8 Å². The van der Waals surface area contributed by atoms with E-state index in [1.807, 2.05) is 0 Å². The summed E-state index contributed by atoms with van der Waals surface area (Å²) in [4.78, 5) is 45.7. The molecule has 0 aromatic carbocycles. The van der Waals surface area contributed by atoms with Crippen LogP contribution in [0.25, 0.3) is 0 Å². The minimum absolute atomic E-state index is 0.193. The minimum atomic E-state index is -0.731. The molecule has 1 atom stereocenters. The van der Waals surface area contributed by atoms with Gasteiger partial charge in [-0.25, -0.2) is 0 Å². The lowest BCUT2D eigenvalue weighted by atomic mass is 10.1. The van der Waals surface area contributed by atoms with Gasteiger partial charge in [-0.1, -0.05) is 0 Å². The highest BCUT2D eigenvalue weighted by Crippen LogP contribution is 2.21. The Hall–Kier alpha value is -2.22. The van der Waals surface area contributed by atoms with Gasteiger partial charge >= 0.3 is 0 Å². The van der Waals surface area contributed by atoms with Crippen molar-refractivity contribution in [1.29, 1.82) is 0 Å². The predicted octanol–water partition coefficient (Wildman–Crippen LogP) is 0.241. The van der Waals surface area contributed by atoms with E-state index in [0.717, 1.165) is 0 Å². The highest BCUT2D eigenvalue weighted by molar-refractivity contribution is 7.08. The summed E-state index contributed by atoms with van der Waals surface area (Å²) in [6, 6.07) is -0.731. The topological polar surface area (TPSA) is 104 Å². The molecule has 1 aliphatic rings. The third-order valence-corrected chi connectivity index (χ3v) is 3.51. The number of rotatable bonds is 3. The molecule has 4 amide bonds. The van der Waals surface area contributed by atoms with Gasteiger partial charge in [0.05, 0.1) is 11.3 Å². The molecule has 1 saturated heterocycles. The van der Waals surface area contributed by atoms with Crippen LogP contribution in [0.5, 0.6) is 0 Å². The summed E-state index contributed by atoms with van der Waals surface area (Å²) in [6.07, 6.45) is 0.467. The Morgan fingerprint density at radius 3 is 2.75 bits per heavy atom. The molecule has 0 radical (unpaired) electrons. The van der Waals surface area contributed by atoms with Crippen LogP contribution in [0, 0.1) is 0 Å². The molecule has 2 heterocycles. The van der Waals surface area contributed by atoms with Gasteiger partial charge < -0.3 is 10.6 Å². The Balaban J connectivity index is 2.05. The van der Waals surface area contributed by atoms with Gasteiger partial charge in [0.25, 0.3) is 5.91 Å². The van der Waals surface area contributed by atoms with E-state index in [9.17, 15) is 19.2 Å². The lowest BCUT2D eigenvalue weighted by Gasteiger charge is -2.21. The number of hydrogen-bond acceptors (Lipinski definition) is 5. The largest absolute Gasteiger partial charge is 0.340 e. The zero-order valence-electron chi connectivity index (χ0n) is 10.7. The maximum absolute atomic E-state index is 12.1. The molecule has 1 aromatic rings. The minimum Gasteiger partial charge on any atom is -0.340 e. The van der Waals surface area contributed by atoms with Gasteiger partial charge in [0.1, 0.15) is 6.04 Å². The number of thiophene rings is 1. The number of piperidine rings is 1. The van der Waals surface area contributed by atoms with Crippen molar-refractivity contribution in [2.75, 3.05) is 5.32 Å². The standard InChI is InChI=1S/C12H13N3O4S/c1-6(16)13-9-5-20-4-7(9)11(18)14-8-2-3-10(17)15-12(8)19/h4-5,8H,2-3H2,1H3,(H,13,16)(H,14,18)(H,15,17,19). The van der Waals surface area contributed by atoms with Crippen LogP contribution in [-0.2, 0) is 14.4 Å². The lowest BCUT2D eigenvalue weighted by Crippen LogP contribution is -2.52. The van der Waals surface area contributed by atoms with E-state index >= 15 is 0 Å². The molecule has 1 unspecified atom stereocenters. The quantitative estimate of drug-likeness (QED) is 0.695. The first-order chi connectivity index (χ1) is 9.47. The fourth-order valence-electron chi connectivity index (χ4n) is 1.83. The monoisotopic (exact) mass is 295 g/mol. The van der Waals surface area contributed by atoms with Crippen molar-refractivity contribution in [3.05, 3.63) is 16.3 Å². The zero-order chi connectivity index (χ0) is 14.7. The number of amides is 4. The van der Waals surface area contributed by atoms with Crippen LogP contribution >= 0.6 is 11.3 Å². The van der Waals surface area contributed by atoms with Gasteiger partial charge in [-0.3, -0.25) is 24.5 Å². The van der Waals surface area contributed by atoms with Crippen molar-refractivity contribution in [2.45, 2.75) is 25.8 Å². The van der Waals surface area contributed by atoms with Crippen LogP contribution < -0.4 is 16.0 Å². The van der Waals surface area contributed by atoms with E-state index in [-0.39, 0.29) is 24.7 Å². The molecule has 1 aliphatic heterocycles. The Bertz CT molecular complexity index is 581. The fourth-order valence-corrected chi connectivity index (χ4v) is 2.59. The van der Waals surface area contributed by atoms with Gasteiger partial charge in [-0.05, 0) is 6.42 Å². The summed E-state index contributed by atoms with van der Waals surface area (Å²) in [5.41, 5.74) is 0.710. The third kappa shape index (κ3) is 3.21. The Morgan fingerprint density at radius 1 is 1.35 bits per heavy atom. The Labute approximate surface area is 118 Å². The molecular weight excluding hydrogens is 282 g/mol. The second kappa shape index (κ2) is 5.83. The number of anilines is 1. The summed E-state index contributed by atoms with van der Waals surface area (Å²) in [7, 11) is 0. The normalized spacial score (nSPS) is 18.4. The number of carbonyl (C=O) groups is 4. The Morgan fingerprint density at radius 2 is 2.10 bits per heavy atom. The van der Waals surface area contributed by atoms with E-state index in [0.29, 0.717) is 11.3 Å². The van der Waals surface area contributed by atoms with Gasteiger partial charge in [-0.2, -0.15) is 0 Å². The van der Waals surface area contributed by atoms with E-state index < -0.39 is 17.9 Å². The Kier molecular flexibility index (Phi) is 4.14. The van der Waals surface area contributed by atoms with E-state index in [4.69, 9.17) is 0 Å². The van der Waals surface area contributed by atoms with Gasteiger partial charge in [0.2, 0.25) is 17.7 Å². The number of nitrogens with one attached hydrogen (secondary N) is 3. The molecule has 7 nitrogen and oxygen atoms in total. The molecule has 8 heteroatoms. The first-order valence-electron chi connectivity index (χ1n) is 5.95. The van der Waals surface area contributed by atoms with Crippen molar-refractivity contribution < 1.29 is 19.2 Å². The van der Waals surface area contributed by atoms with Crippen molar-refractivity contribution in [3.63, 3.8) is 0 Å². The molecule has 106 valence electrons. The average Bonchev–Trinajstić information content (AvgIpc) is 2.80. The van der Waals surface area contributed by atoms with Crippen LogP contribution in [0.1, 0.15) is 30.1 Å². The summed E-state index contributed by atoms with van der Waals surface area (Å²) in [6.45, 7) is 1.35. The molecule has 1 fully saturated rings. The van der Waals surface area contributed by atoms with Crippen LogP contribution in [-0.4, -0.2) is 29.7 Å². The van der Waals surface area contributed by atoms with E-state index in [2.05, 4.69) is 16.0 Å². The lowest BCUT2D eigenvalue weighted by molar-refractivity contribution is -0.134. The van der Waals surface area contributed by atoms with Gasteiger partial charge in [-0.15, -0.1) is 11.3 Å². The van der Waals surface area contributed by atoms with Crippen molar-refractivity contribution in [1.82, 2.24) is 10.6 Å². The van der Waals surface area contributed by atoms with Gasteiger partial charge in [0.15, 0.2) is 0 Å². The molecule has 3 N–H and O–H groups in total. The molecule has 2 rings (SSSR count). The summed E-state index contributed by atoms with van der Waals surface area (Å²) in [5, 5.41) is 10.5.